The van der Waals surface area contributed by atoms with Crippen LogP contribution in [0, 0.1) is 18.6 Å². The summed E-state index contributed by atoms with van der Waals surface area (Å²) < 4.78 is 26.4. The van der Waals surface area contributed by atoms with Crippen molar-refractivity contribution in [2.75, 3.05) is 0 Å². The molecule has 2 aromatic rings. The van der Waals surface area contributed by atoms with Crippen LogP contribution in [0.2, 0.25) is 5.28 Å². The summed E-state index contributed by atoms with van der Waals surface area (Å²) in [7, 11) is 0. The predicted octanol–water partition coefficient (Wildman–Crippen LogP) is 3.87. The van der Waals surface area contributed by atoms with Gasteiger partial charge in [-0.25, -0.2) is 18.7 Å². The van der Waals surface area contributed by atoms with Gasteiger partial charge < -0.3 is 0 Å². The van der Waals surface area contributed by atoms with Crippen molar-refractivity contribution in [2.24, 2.45) is 0 Å². The molecule has 0 saturated heterocycles. The summed E-state index contributed by atoms with van der Waals surface area (Å²) in [5.74, 6) is -0.991. The second-order valence-electron chi connectivity index (χ2n) is 3.29. The van der Waals surface area contributed by atoms with Crippen LogP contribution in [-0.2, 0) is 0 Å². The van der Waals surface area contributed by atoms with Gasteiger partial charge in [0.1, 0.15) is 16.7 Å². The normalized spacial score (nSPS) is 10.6. The van der Waals surface area contributed by atoms with Gasteiger partial charge in [-0.15, -0.1) is 0 Å². The van der Waals surface area contributed by atoms with Gasteiger partial charge in [0.2, 0.25) is 5.28 Å². The summed E-state index contributed by atoms with van der Waals surface area (Å²) in [6, 6.07) is 4.91. The third-order valence-electron chi connectivity index (χ3n) is 1.91. The molecule has 0 aliphatic rings. The van der Waals surface area contributed by atoms with Gasteiger partial charge in [-0.1, -0.05) is 11.8 Å². The largest absolute Gasteiger partial charge is 0.223 e. The third kappa shape index (κ3) is 3.14. The van der Waals surface area contributed by atoms with Crippen molar-refractivity contribution in [3.8, 4) is 0 Å². The standard InChI is InChI=1S/C11H7ClF2N2S/c1-6-4-10(16-11(12)15-6)17-9-5-7(13)2-3-8(9)14/h2-5H,1H3. The van der Waals surface area contributed by atoms with E-state index in [2.05, 4.69) is 9.97 Å². The fourth-order valence-electron chi connectivity index (χ4n) is 1.23. The monoisotopic (exact) mass is 272 g/mol. The second-order valence-corrected chi connectivity index (χ2v) is 4.69. The van der Waals surface area contributed by atoms with E-state index in [9.17, 15) is 8.78 Å². The minimum absolute atomic E-state index is 0.0873. The molecule has 1 aromatic heterocycles. The first kappa shape index (κ1) is 12.3. The molecule has 1 aromatic carbocycles. The van der Waals surface area contributed by atoms with Crippen molar-refractivity contribution in [1.82, 2.24) is 9.97 Å². The summed E-state index contributed by atoms with van der Waals surface area (Å²) in [4.78, 5) is 7.98. The van der Waals surface area contributed by atoms with Gasteiger partial charge in [0.05, 0.1) is 4.90 Å². The molecule has 17 heavy (non-hydrogen) atoms. The van der Waals surface area contributed by atoms with E-state index in [0.29, 0.717) is 10.7 Å². The zero-order valence-corrected chi connectivity index (χ0v) is 10.3. The molecule has 6 heteroatoms. The van der Waals surface area contributed by atoms with E-state index in [-0.39, 0.29) is 10.2 Å². The van der Waals surface area contributed by atoms with E-state index >= 15 is 0 Å². The molecule has 0 aliphatic carbocycles. The van der Waals surface area contributed by atoms with Gasteiger partial charge in [0.15, 0.2) is 0 Å². The first-order valence-corrected chi connectivity index (χ1v) is 5.88. The SMILES string of the molecule is Cc1cc(Sc2cc(F)ccc2F)nc(Cl)n1. The molecule has 0 N–H and O–H groups in total. The summed E-state index contributed by atoms with van der Waals surface area (Å²) in [6.07, 6.45) is 0. The highest BCUT2D eigenvalue weighted by atomic mass is 35.5. The Bertz CT molecular complexity index is 543. The van der Waals surface area contributed by atoms with Crippen molar-refractivity contribution >= 4 is 23.4 Å². The van der Waals surface area contributed by atoms with Gasteiger partial charge in [0.25, 0.3) is 0 Å². The maximum atomic E-state index is 13.4. The van der Waals surface area contributed by atoms with E-state index in [4.69, 9.17) is 11.6 Å². The van der Waals surface area contributed by atoms with Crippen molar-refractivity contribution in [2.45, 2.75) is 16.8 Å². The number of rotatable bonds is 2. The van der Waals surface area contributed by atoms with Gasteiger partial charge in [-0.05, 0) is 42.8 Å². The summed E-state index contributed by atoms with van der Waals surface area (Å²) >= 11 is 6.69. The Balaban J connectivity index is 2.34. The highest BCUT2D eigenvalue weighted by Gasteiger charge is 2.08. The number of benzene rings is 1. The summed E-state index contributed by atoms with van der Waals surface area (Å²) in [5.41, 5.74) is 0.671. The number of hydrogen-bond acceptors (Lipinski definition) is 3. The molecule has 0 spiro atoms. The van der Waals surface area contributed by atoms with Gasteiger partial charge in [-0.3, -0.25) is 0 Å². The molecule has 88 valence electrons. The number of hydrogen-bond donors (Lipinski definition) is 0. The molecule has 0 bridgehead atoms. The average Bonchev–Trinajstić information content (AvgIpc) is 2.22. The van der Waals surface area contributed by atoms with E-state index in [0.717, 1.165) is 30.0 Å². The fraction of sp³-hybridized carbons (Fsp3) is 0.0909. The van der Waals surface area contributed by atoms with E-state index in [1.807, 2.05) is 0 Å². The topological polar surface area (TPSA) is 25.8 Å². The van der Waals surface area contributed by atoms with Crippen molar-refractivity contribution in [1.29, 1.82) is 0 Å². The lowest BCUT2D eigenvalue weighted by Crippen LogP contribution is -1.90. The van der Waals surface area contributed by atoms with E-state index in [1.165, 1.54) is 0 Å². The molecule has 0 radical (unpaired) electrons. The second kappa shape index (κ2) is 4.98. The average molecular weight is 273 g/mol. The lowest BCUT2D eigenvalue weighted by molar-refractivity contribution is 0.577. The molecular formula is C11H7ClF2N2S. The Morgan fingerprint density at radius 1 is 1.18 bits per heavy atom. The Morgan fingerprint density at radius 3 is 2.65 bits per heavy atom. The minimum atomic E-state index is -0.496. The van der Waals surface area contributed by atoms with Crippen LogP contribution in [0.5, 0.6) is 0 Å². The van der Waals surface area contributed by atoms with Crippen LogP contribution in [0.25, 0.3) is 0 Å². The smallest absolute Gasteiger partial charge is 0.223 e. The van der Waals surface area contributed by atoms with Crippen LogP contribution in [0.4, 0.5) is 8.78 Å². The van der Waals surface area contributed by atoms with Crippen molar-refractivity contribution in [3.05, 3.63) is 46.9 Å². The molecular weight excluding hydrogens is 266 g/mol. The zero-order chi connectivity index (χ0) is 12.4. The molecule has 0 aliphatic heterocycles. The molecule has 0 saturated carbocycles. The minimum Gasteiger partial charge on any atom is -0.223 e. The molecule has 0 fully saturated rings. The Kier molecular flexibility index (Phi) is 3.59. The van der Waals surface area contributed by atoms with Crippen molar-refractivity contribution in [3.63, 3.8) is 0 Å². The third-order valence-corrected chi connectivity index (χ3v) is 3.03. The van der Waals surface area contributed by atoms with Crippen LogP contribution in [0.3, 0.4) is 0 Å². The van der Waals surface area contributed by atoms with Crippen molar-refractivity contribution < 1.29 is 8.78 Å². The van der Waals surface area contributed by atoms with Crippen LogP contribution >= 0.6 is 23.4 Å². The molecule has 0 atom stereocenters. The Hall–Kier alpha value is -1.20. The predicted molar refractivity (Wildman–Crippen MR) is 62.3 cm³/mol. The van der Waals surface area contributed by atoms with Crippen LogP contribution < -0.4 is 0 Å². The number of aryl methyl sites for hydroxylation is 1. The molecule has 2 nitrogen and oxygen atoms in total. The summed E-state index contributed by atoms with van der Waals surface area (Å²) in [6.45, 7) is 1.75. The Morgan fingerprint density at radius 2 is 1.94 bits per heavy atom. The lowest BCUT2D eigenvalue weighted by Gasteiger charge is -2.03. The fourth-order valence-corrected chi connectivity index (χ4v) is 2.42. The van der Waals surface area contributed by atoms with Crippen LogP contribution in [-0.4, -0.2) is 9.97 Å². The van der Waals surface area contributed by atoms with E-state index < -0.39 is 11.6 Å². The highest BCUT2D eigenvalue weighted by molar-refractivity contribution is 7.99. The number of aromatic nitrogens is 2. The zero-order valence-electron chi connectivity index (χ0n) is 8.75. The van der Waals surface area contributed by atoms with Crippen LogP contribution in [0.15, 0.2) is 34.2 Å². The quantitative estimate of drug-likeness (QED) is 0.613. The maximum Gasteiger partial charge on any atom is 0.223 e. The Labute approximate surface area is 106 Å². The number of nitrogens with zero attached hydrogens (tertiary/aromatic N) is 2. The molecule has 2 rings (SSSR count). The maximum absolute atomic E-state index is 13.4. The summed E-state index contributed by atoms with van der Waals surface area (Å²) in [5, 5.41) is 0.566. The van der Waals surface area contributed by atoms with E-state index in [1.54, 1.807) is 13.0 Å². The van der Waals surface area contributed by atoms with Gasteiger partial charge in [-0.2, -0.15) is 0 Å². The molecule has 0 unspecified atom stereocenters. The lowest BCUT2D eigenvalue weighted by atomic mass is 10.3. The first-order chi connectivity index (χ1) is 8.04. The first-order valence-electron chi connectivity index (χ1n) is 4.69. The molecule has 0 amide bonds. The number of halogens is 3. The van der Waals surface area contributed by atoms with Gasteiger partial charge in [0, 0.05) is 5.69 Å². The van der Waals surface area contributed by atoms with Crippen LogP contribution in [0.1, 0.15) is 5.69 Å². The van der Waals surface area contributed by atoms with Gasteiger partial charge >= 0.3 is 0 Å². The highest BCUT2D eigenvalue weighted by Crippen LogP contribution is 2.29. The molecule has 1 heterocycles.